The minimum Gasteiger partial charge on any atom is -0.346 e. The molecule has 16 heavy (non-hydrogen) atoms. The van der Waals surface area contributed by atoms with E-state index in [0.717, 1.165) is 12.1 Å². The largest absolute Gasteiger partial charge is 0.346 e. The Morgan fingerprint density at radius 1 is 1.44 bits per heavy atom. The normalized spacial score (nSPS) is 13.0. The molecule has 0 aliphatic carbocycles. The van der Waals surface area contributed by atoms with Gasteiger partial charge in [-0.3, -0.25) is 4.99 Å². The van der Waals surface area contributed by atoms with Gasteiger partial charge in [0.25, 0.3) is 0 Å². The van der Waals surface area contributed by atoms with Crippen LogP contribution in [0.3, 0.4) is 0 Å². The van der Waals surface area contributed by atoms with E-state index in [1.54, 1.807) is 0 Å². The van der Waals surface area contributed by atoms with Crippen molar-refractivity contribution in [2.45, 2.75) is 40.0 Å². The lowest BCUT2D eigenvalue weighted by Gasteiger charge is -2.09. The van der Waals surface area contributed by atoms with Crippen molar-refractivity contribution >= 4 is 5.71 Å². The van der Waals surface area contributed by atoms with Gasteiger partial charge in [0.15, 0.2) is 0 Å². The highest BCUT2D eigenvalue weighted by Crippen LogP contribution is 2.17. The van der Waals surface area contributed by atoms with Crippen LogP contribution in [0, 0.1) is 0 Å². The van der Waals surface area contributed by atoms with E-state index in [9.17, 15) is 0 Å². The monoisotopic (exact) mass is 218 g/mol. The molecule has 1 rings (SSSR count). The van der Waals surface area contributed by atoms with Gasteiger partial charge >= 0.3 is 0 Å². The van der Waals surface area contributed by atoms with Gasteiger partial charge in [0.2, 0.25) is 0 Å². The van der Waals surface area contributed by atoms with Crippen molar-refractivity contribution in [3.8, 4) is 0 Å². The third kappa shape index (κ3) is 2.84. The van der Waals surface area contributed by atoms with Crippen LogP contribution in [0.25, 0.3) is 0 Å². The molecule has 2 nitrogen and oxygen atoms in total. The molecule has 0 unspecified atom stereocenters. The Morgan fingerprint density at radius 3 is 2.62 bits per heavy atom. The third-order valence-electron chi connectivity index (χ3n) is 2.73. The maximum atomic E-state index is 4.43. The maximum Gasteiger partial charge on any atom is 0.0622 e. The molecule has 1 heterocycles. The summed E-state index contributed by atoms with van der Waals surface area (Å²) in [5, 5.41) is 0. The lowest BCUT2D eigenvalue weighted by molar-refractivity contribution is 0.737. The molecule has 0 N–H and O–H groups in total. The lowest BCUT2D eigenvalue weighted by Crippen LogP contribution is -2.06. The molecule has 0 aliphatic rings. The molecule has 0 amide bonds. The Labute approximate surface area is 98.7 Å². The molecule has 1 aromatic heterocycles. The molecule has 0 bridgehead atoms. The summed E-state index contributed by atoms with van der Waals surface area (Å²) in [6.45, 7) is 8.59. The maximum absolute atomic E-state index is 4.43. The quantitative estimate of drug-likeness (QED) is 0.682. The van der Waals surface area contributed by atoms with Gasteiger partial charge < -0.3 is 4.57 Å². The van der Waals surface area contributed by atoms with Gasteiger partial charge in [0.05, 0.1) is 11.4 Å². The topological polar surface area (TPSA) is 17.3 Å². The van der Waals surface area contributed by atoms with Gasteiger partial charge in [-0.15, -0.1) is 0 Å². The van der Waals surface area contributed by atoms with E-state index in [2.05, 4.69) is 62.5 Å². The highest BCUT2D eigenvalue weighted by atomic mass is 15.0. The lowest BCUT2D eigenvalue weighted by atomic mass is 10.1. The van der Waals surface area contributed by atoms with Crippen LogP contribution in [-0.4, -0.2) is 10.3 Å². The van der Waals surface area contributed by atoms with Gasteiger partial charge in [-0.2, -0.15) is 0 Å². The van der Waals surface area contributed by atoms with E-state index < -0.39 is 0 Å². The number of hydrogen-bond donors (Lipinski definition) is 0. The van der Waals surface area contributed by atoms with Crippen LogP contribution >= 0.6 is 0 Å². The fourth-order valence-electron chi connectivity index (χ4n) is 1.81. The summed E-state index contributed by atoms with van der Waals surface area (Å²) in [6, 6.07) is 4.33. The minimum atomic E-state index is 0.553. The molecule has 1 aromatic rings. The van der Waals surface area contributed by atoms with Crippen LogP contribution < -0.4 is 0 Å². The summed E-state index contributed by atoms with van der Waals surface area (Å²) in [5.41, 5.74) is 3.62. The Bertz CT molecular complexity index is 395. The fourth-order valence-corrected chi connectivity index (χ4v) is 1.81. The van der Waals surface area contributed by atoms with E-state index in [1.165, 1.54) is 11.4 Å². The zero-order valence-electron chi connectivity index (χ0n) is 11.0. The number of rotatable bonds is 4. The first-order chi connectivity index (χ1) is 7.57. The zero-order chi connectivity index (χ0) is 12.1. The average Bonchev–Trinajstić information content (AvgIpc) is 2.60. The van der Waals surface area contributed by atoms with E-state index in [1.807, 2.05) is 6.20 Å². The predicted molar refractivity (Wildman–Crippen MR) is 71.1 cm³/mol. The molecular weight excluding hydrogens is 196 g/mol. The first kappa shape index (κ1) is 12.8. The standard InChI is InChI=1S/C14H22N2/c1-6-7-10-15-12(4)14-9-8-13(11(2)3)16(14)5/h7-11H,6H2,1-5H3/b10-7+,15-12?. The van der Waals surface area contributed by atoms with Crippen LogP contribution in [0.4, 0.5) is 0 Å². The van der Waals surface area contributed by atoms with Gasteiger partial charge in [-0.25, -0.2) is 0 Å². The first-order valence-electron chi connectivity index (χ1n) is 5.93. The van der Waals surface area contributed by atoms with E-state index >= 15 is 0 Å². The SMILES string of the molecule is CC/C=C/N=C(C)c1ccc(C(C)C)n1C. The highest BCUT2D eigenvalue weighted by molar-refractivity contribution is 5.97. The summed E-state index contributed by atoms with van der Waals surface area (Å²) in [4.78, 5) is 4.43. The van der Waals surface area contributed by atoms with Crippen molar-refractivity contribution < 1.29 is 0 Å². The Hall–Kier alpha value is -1.31. The van der Waals surface area contributed by atoms with Crippen LogP contribution in [0.5, 0.6) is 0 Å². The van der Waals surface area contributed by atoms with Crippen molar-refractivity contribution in [2.75, 3.05) is 0 Å². The summed E-state index contributed by atoms with van der Waals surface area (Å²) >= 11 is 0. The van der Waals surface area contributed by atoms with Gasteiger partial charge in [0, 0.05) is 18.9 Å². The fraction of sp³-hybridized carbons (Fsp3) is 0.500. The third-order valence-corrected chi connectivity index (χ3v) is 2.73. The van der Waals surface area contributed by atoms with Gasteiger partial charge in [-0.1, -0.05) is 26.8 Å². The minimum absolute atomic E-state index is 0.553. The smallest absolute Gasteiger partial charge is 0.0622 e. The summed E-state index contributed by atoms with van der Waals surface area (Å²) in [5.74, 6) is 0.553. The van der Waals surface area contributed by atoms with Crippen molar-refractivity contribution in [3.05, 3.63) is 35.8 Å². The molecule has 0 saturated heterocycles. The number of aliphatic imine (C=N–C) groups is 1. The van der Waals surface area contributed by atoms with E-state index in [-0.39, 0.29) is 0 Å². The average molecular weight is 218 g/mol. The Morgan fingerprint density at radius 2 is 2.12 bits per heavy atom. The molecule has 0 saturated carbocycles. The van der Waals surface area contributed by atoms with E-state index in [0.29, 0.717) is 5.92 Å². The molecule has 0 aliphatic heterocycles. The second kappa shape index (κ2) is 5.69. The highest BCUT2D eigenvalue weighted by Gasteiger charge is 2.09. The zero-order valence-corrected chi connectivity index (χ0v) is 11.0. The Balaban J connectivity index is 2.96. The summed E-state index contributed by atoms with van der Waals surface area (Å²) in [7, 11) is 2.10. The van der Waals surface area contributed by atoms with Crippen LogP contribution in [0.2, 0.25) is 0 Å². The van der Waals surface area contributed by atoms with Crippen LogP contribution in [-0.2, 0) is 7.05 Å². The number of aromatic nitrogens is 1. The summed E-state index contributed by atoms with van der Waals surface area (Å²) < 4.78 is 2.23. The summed E-state index contributed by atoms with van der Waals surface area (Å²) in [6.07, 6.45) is 4.98. The Kier molecular flexibility index (Phi) is 4.53. The second-order valence-electron chi connectivity index (χ2n) is 4.36. The number of allylic oxidation sites excluding steroid dienone is 1. The predicted octanol–water partition coefficient (Wildman–Crippen LogP) is 3.88. The van der Waals surface area contributed by atoms with Gasteiger partial charge in [-0.05, 0) is 31.4 Å². The molecule has 88 valence electrons. The van der Waals surface area contributed by atoms with Crippen molar-refractivity contribution in [2.24, 2.45) is 12.0 Å². The molecule has 2 heteroatoms. The molecule has 0 fully saturated rings. The molecular formula is C14H22N2. The molecule has 0 radical (unpaired) electrons. The first-order valence-corrected chi connectivity index (χ1v) is 5.93. The molecule has 0 atom stereocenters. The van der Waals surface area contributed by atoms with Gasteiger partial charge in [0.1, 0.15) is 0 Å². The number of nitrogens with zero attached hydrogens (tertiary/aromatic N) is 2. The second-order valence-corrected chi connectivity index (χ2v) is 4.36. The van der Waals surface area contributed by atoms with E-state index in [4.69, 9.17) is 0 Å². The van der Waals surface area contributed by atoms with Crippen molar-refractivity contribution in [1.29, 1.82) is 0 Å². The molecule has 0 aromatic carbocycles. The van der Waals surface area contributed by atoms with Crippen molar-refractivity contribution in [3.63, 3.8) is 0 Å². The van der Waals surface area contributed by atoms with Crippen LogP contribution in [0.15, 0.2) is 29.4 Å². The number of hydrogen-bond acceptors (Lipinski definition) is 1. The molecule has 0 spiro atoms. The van der Waals surface area contributed by atoms with Crippen molar-refractivity contribution in [1.82, 2.24) is 4.57 Å². The van der Waals surface area contributed by atoms with Crippen LogP contribution in [0.1, 0.15) is 51.4 Å².